The molecule has 0 aliphatic carbocycles. The summed E-state index contributed by atoms with van der Waals surface area (Å²) in [5, 5.41) is 3.93. The van der Waals surface area contributed by atoms with E-state index in [1.165, 1.54) is 16.7 Å². The fraction of sp³-hybridized carbons (Fsp3) is 0.217. The van der Waals surface area contributed by atoms with Crippen molar-refractivity contribution in [1.29, 1.82) is 0 Å². The van der Waals surface area contributed by atoms with E-state index < -0.39 is 0 Å². The van der Waals surface area contributed by atoms with Crippen molar-refractivity contribution in [3.63, 3.8) is 0 Å². The minimum atomic E-state index is 0.299. The van der Waals surface area contributed by atoms with Crippen LogP contribution in [0.3, 0.4) is 0 Å². The zero-order valence-electron chi connectivity index (χ0n) is 14.0. The highest BCUT2D eigenvalue weighted by atomic mass is 16.5. The van der Waals surface area contributed by atoms with Gasteiger partial charge in [0.2, 0.25) is 0 Å². The number of benzene rings is 3. The van der Waals surface area contributed by atoms with E-state index in [0.717, 1.165) is 12.4 Å². The molecule has 1 saturated heterocycles. The molecule has 0 unspecified atom stereocenters. The van der Waals surface area contributed by atoms with Crippen LogP contribution in [0, 0.1) is 5.92 Å². The van der Waals surface area contributed by atoms with Crippen LogP contribution in [0.2, 0.25) is 0 Å². The summed E-state index contributed by atoms with van der Waals surface area (Å²) in [5.41, 5.74) is 4.03. The van der Waals surface area contributed by atoms with Crippen molar-refractivity contribution in [2.24, 2.45) is 5.92 Å². The highest BCUT2D eigenvalue weighted by Gasteiger charge is 2.47. The molecule has 0 amide bonds. The Bertz CT molecular complexity index is 862. The van der Waals surface area contributed by atoms with E-state index in [9.17, 15) is 0 Å². The molecule has 2 nitrogen and oxygen atoms in total. The van der Waals surface area contributed by atoms with E-state index in [1.807, 2.05) is 0 Å². The summed E-state index contributed by atoms with van der Waals surface area (Å²) in [4.78, 5) is 0. The SMILES string of the molecule is c1ccc([C@H]2[C@H]3COc4ccccc4[C@H]3N[C@H]2c2ccccc2)cc1. The van der Waals surface area contributed by atoms with Crippen molar-refractivity contribution < 1.29 is 4.74 Å². The van der Waals surface area contributed by atoms with Crippen LogP contribution in [0.15, 0.2) is 84.9 Å². The molecule has 4 atom stereocenters. The highest BCUT2D eigenvalue weighted by molar-refractivity contribution is 5.42. The summed E-state index contributed by atoms with van der Waals surface area (Å²) in [6.07, 6.45) is 0. The number of ether oxygens (including phenoxy) is 1. The summed E-state index contributed by atoms with van der Waals surface area (Å²) in [5.74, 6) is 1.86. The normalized spacial score (nSPS) is 27.2. The van der Waals surface area contributed by atoms with Crippen LogP contribution in [-0.4, -0.2) is 6.61 Å². The number of fused-ring (bicyclic) bond motifs is 3. The predicted molar refractivity (Wildman–Crippen MR) is 99.7 cm³/mol. The zero-order valence-corrected chi connectivity index (χ0v) is 14.0. The number of hydrogen-bond donors (Lipinski definition) is 1. The Kier molecular flexibility index (Phi) is 3.57. The van der Waals surface area contributed by atoms with E-state index in [-0.39, 0.29) is 0 Å². The minimum Gasteiger partial charge on any atom is -0.493 e. The maximum absolute atomic E-state index is 6.13. The Labute approximate surface area is 148 Å². The van der Waals surface area contributed by atoms with Crippen LogP contribution < -0.4 is 10.1 Å². The second-order valence-corrected chi connectivity index (χ2v) is 6.98. The first-order chi connectivity index (χ1) is 12.4. The molecule has 0 bridgehead atoms. The molecule has 0 aromatic heterocycles. The number of nitrogens with one attached hydrogen (secondary N) is 1. The van der Waals surface area contributed by atoms with Gasteiger partial charge in [0.15, 0.2) is 0 Å². The average molecular weight is 327 g/mol. The predicted octanol–water partition coefficient (Wildman–Crippen LogP) is 4.86. The third kappa shape index (κ3) is 2.45. The molecule has 2 heteroatoms. The molecule has 2 heterocycles. The lowest BCUT2D eigenvalue weighted by atomic mass is 9.78. The van der Waals surface area contributed by atoms with Gasteiger partial charge in [0.25, 0.3) is 0 Å². The van der Waals surface area contributed by atoms with E-state index in [2.05, 4.69) is 90.2 Å². The van der Waals surface area contributed by atoms with Crippen LogP contribution in [0.25, 0.3) is 0 Å². The molecule has 0 spiro atoms. The van der Waals surface area contributed by atoms with E-state index in [1.54, 1.807) is 0 Å². The topological polar surface area (TPSA) is 21.3 Å². The van der Waals surface area contributed by atoms with Crippen LogP contribution in [-0.2, 0) is 0 Å². The van der Waals surface area contributed by atoms with Crippen LogP contribution in [0.1, 0.15) is 34.7 Å². The van der Waals surface area contributed by atoms with Crippen LogP contribution in [0.4, 0.5) is 0 Å². The molecular weight excluding hydrogens is 306 g/mol. The monoisotopic (exact) mass is 327 g/mol. The molecule has 1 fully saturated rings. The molecule has 2 aliphatic heterocycles. The minimum absolute atomic E-state index is 0.299. The molecule has 1 N–H and O–H groups in total. The van der Waals surface area contributed by atoms with Crippen molar-refractivity contribution in [3.8, 4) is 5.75 Å². The second-order valence-electron chi connectivity index (χ2n) is 6.98. The first-order valence-corrected chi connectivity index (χ1v) is 8.99. The van der Waals surface area contributed by atoms with Crippen LogP contribution >= 0.6 is 0 Å². The van der Waals surface area contributed by atoms with Gasteiger partial charge in [-0.2, -0.15) is 0 Å². The molecule has 0 radical (unpaired) electrons. The Morgan fingerprint density at radius 3 is 2.08 bits per heavy atom. The number of rotatable bonds is 2. The van der Waals surface area contributed by atoms with Gasteiger partial charge in [-0.25, -0.2) is 0 Å². The van der Waals surface area contributed by atoms with Gasteiger partial charge < -0.3 is 10.1 Å². The van der Waals surface area contributed by atoms with Crippen molar-refractivity contribution in [2.45, 2.75) is 18.0 Å². The molecule has 25 heavy (non-hydrogen) atoms. The fourth-order valence-electron chi connectivity index (χ4n) is 4.53. The van der Waals surface area contributed by atoms with Crippen LogP contribution in [0.5, 0.6) is 5.75 Å². The Hall–Kier alpha value is -2.58. The van der Waals surface area contributed by atoms with Gasteiger partial charge in [-0.3, -0.25) is 0 Å². The average Bonchev–Trinajstić information content (AvgIpc) is 3.09. The number of hydrogen-bond acceptors (Lipinski definition) is 2. The van der Waals surface area contributed by atoms with Gasteiger partial charge in [-0.05, 0) is 17.2 Å². The van der Waals surface area contributed by atoms with Gasteiger partial charge in [0, 0.05) is 29.5 Å². The third-order valence-corrected chi connectivity index (χ3v) is 5.64. The molecule has 3 aromatic rings. The van der Waals surface area contributed by atoms with Crippen molar-refractivity contribution >= 4 is 0 Å². The van der Waals surface area contributed by atoms with Gasteiger partial charge in [-0.15, -0.1) is 0 Å². The smallest absolute Gasteiger partial charge is 0.124 e. The summed E-state index contributed by atoms with van der Waals surface area (Å²) in [6.45, 7) is 0.761. The molecule has 0 saturated carbocycles. The second kappa shape index (κ2) is 6.05. The molecule has 2 aliphatic rings. The highest BCUT2D eigenvalue weighted by Crippen LogP contribution is 2.52. The quantitative estimate of drug-likeness (QED) is 0.725. The van der Waals surface area contributed by atoms with Gasteiger partial charge >= 0.3 is 0 Å². The third-order valence-electron chi connectivity index (χ3n) is 5.64. The summed E-state index contributed by atoms with van der Waals surface area (Å²) in [6, 6.07) is 30.8. The maximum atomic E-state index is 6.13. The molecule has 124 valence electrons. The fourth-order valence-corrected chi connectivity index (χ4v) is 4.53. The lowest BCUT2D eigenvalue weighted by molar-refractivity contribution is 0.193. The van der Waals surface area contributed by atoms with E-state index in [0.29, 0.717) is 23.9 Å². The maximum Gasteiger partial charge on any atom is 0.124 e. The Morgan fingerprint density at radius 2 is 1.32 bits per heavy atom. The zero-order chi connectivity index (χ0) is 16.6. The van der Waals surface area contributed by atoms with E-state index >= 15 is 0 Å². The Morgan fingerprint density at radius 1 is 0.680 bits per heavy atom. The Balaban J connectivity index is 1.62. The number of para-hydroxylation sites is 1. The van der Waals surface area contributed by atoms with E-state index in [4.69, 9.17) is 4.74 Å². The van der Waals surface area contributed by atoms with Gasteiger partial charge in [-0.1, -0.05) is 78.9 Å². The summed E-state index contributed by atoms with van der Waals surface area (Å²) < 4.78 is 6.13. The van der Waals surface area contributed by atoms with Crippen molar-refractivity contribution in [3.05, 3.63) is 102 Å². The summed E-state index contributed by atoms with van der Waals surface area (Å²) >= 11 is 0. The van der Waals surface area contributed by atoms with Crippen molar-refractivity contribution in [1.82, 2.24) is 5.32 Å². The lowest BCUT2D eigenvalue weighted by Gasteiger charge is -2.31. The lowest BCUT2D eigenvalue weighted by Crippen LogP contribution is -2.28. The molecule has 3 aromatic carbocycles. The van der Waals surface area contributed by atoms with Gasteiger partial charge in [0.1, 0.15) is 5.75 Å². The first kappa shape index (κ1) is 14.7. The molecule has 5 rings (SSSR count). The van der Waals surface area contributed by atoms with Crippen molar-refractivity contribution in [2.75, 3.05) is 6.61 Å². The standard InChI is InChI=1S/C23H21NO/c1-3-9-16(10-4-1)21-19-15-25-20-14-8-7-13-18(20)23(19)24-22(21)17-11-5-2-6-12-17/h1-14,19,21-24H,15H2/t19-,21+,22+,23-/m1/s1. The summed E-state index contributed by atoms with van der Waals surface area (Å²) in [7, 11) is 0. The van der Waals surface area contributed by atoms with Gasteiger partial charge in [0.05, 0.1) is 6.61 Å². The largest absolute Gasteiger partial charge is 0.493 e. The first-order valence-electron chi connectivity index (χ1n) is 8.99. The molecular formula is C23H21NO.